The molecule has 2 amide bonds. The van der Waals surface area contributed by atoms with E-state index in [-0.39, 0.29) is 29.8 Å². The van der Waals surface area contributed by atoms with E-state index in [1.165, 1.54) is 37.3 Å². The average molecular weight is 452 g/mol. The molecule has 0 radical (unpaired) electrons. The second kappa shape index (κ2) is 11.2. The molecular formula is C23H24N4O6. The van der Waals surface area contributed by atoms with Crippen molar-refractivity contribution < 1.29 is 29.0 Å². The molecule has 0 saturated carbocycles. The van der Waals surface area contributed by atoms with Crippen LogP contribution in [-0.4, -0.2) is 40.7 Å². The maximum Gasteiger partial charge on any atom is 0.343 e. The zero-order valence-corrected chi connectivity index (χ0v) is 17.8. The molecule has 2 aromatic carbocycles. The van der Waals surface area contributed by atoms with E-state index < -0.39 is 29.8 Å². The molecule has 0 saturated heterocycles. The lowest BCUT2D eigenvalue weighted by Gasteiger charge is -2.14. The van der Waals surface area contributed by atoms with Crippen LogP contribution in [-0.2, 0) is 14.4 Å². The summed E-state index contributed by atoms with van der Waals surface area (Å²) in [5.74, 6) is -2.92. The monoisotopic (exact) mass is 452 g/mol. The van der Waals surface area contributed by atoms with Crippen molar-refractivity contribution in [2.24, 2.45) is 11.5 Å². The molecule has 0 unspecified atom stereocenters. The largest absolute Gasteiger partial charge is 0.480 e. The van der Waals surface area contributed by atoms with Gasteiger partial charge >= 0.3 is 11.9 Å². The first-order valence-corrected chi connectivity index (χ1v) is 9.83. The van der Waals surface area contributed by atoms with Crippen molar-refractivity contribution in [3.63, 3.8) is 0 Å². The van der Waals surface area contributed by atoms with E-state index in [1.54, 1.807) is 24.3 Å². The van der Waals surface area contributed by atoms with Crippen LogP contribution < -0.4 is 21.5 Å². The number of esters is 1. The number of nitrogens with two attached hydrogens (primary N) is 2. The lowest BCUT2D eigenvalue weighted by Crippen LogP contribution is -2.41. The highest BCUT2D eigenvalue weighted by Gasteiger charge is 2.21. The molecule has 0 aromatic heterocycles. The minimum atomic E-state index is -1.27. The predicted molar refractivity (Wildman–Crippen MR) is 121 cm³/mol. The Labute approximate surface area is 189 Å². The van der Waals surface area contributed by atoms with E-state index in [9.17, 15) is 24.3 Å². The van der Waals surface area contributed by atoms with Crippen molar-refractivity contribution >= 4 is 35.7 Å². The van der Waals surface area contributed by atoms with Gasteiger partial charge < -0.3 is 26.6 Å². The van der Waals surface area contributed by atoms with E-state index >= 15 is 0 Å². The van der Waals surface area contributed by atoms with Gasteiger partial charge in [-0.1, -0.05) is 12.1 Å². The molecular weight excluding hydrogens is 428 g/mol. The van der Waals surface area contributed by atoms with Crippen LogP contribution in [0, 0.1) is 5.41 Å². The van der Waals surface area contributed by atoms with Gasteiger partial charge in [-0.2, -0.15) is 0 Å². The number of carboxylic acid groups (broad SMARTS) is 1. The molecule has 0 aliphatic heterocycles. The summed E-state index contributed by atoms with van der Waals surface area (Å²) in [7, 11) is 0. The summed E-state index contributed by atoms with van der Waals surface area (Å²) in [6.07, 6.45) is 1.24. The smallest absolute Gasteiger partial charge is 0.343 e. The average Bonchev–Trinajstić information content (AvgIpc) is 2.76. The number of amides is 2. The van der Waals surface area contributed by atoms with Gasteiger partial charge in [0.05, 0.1) is 5.56 Å². The number of nitrogens with one attached hydrogen (secondary N) is 2. The van der Waals surface area contributed by atoms with Gasteiger partial charge in [0, 0.05) is 17.6 Å². The number of nitrogen functional groups attached to an aromatic ring is 1. The highest BCUT2D eigenvalue weighted by Crippen LogP contribution is 2.15. The Bertz CT molecular complexity index is 1090. The summed E-state index contributed by atoms with van der Waals surface area (Å²) >= 11 is 0. The number of ether oxygens (including phenoxy) is 1. The lowest BCUT2D eigenvalue weighted by molar-refractivity contribution is -0.141. The van der Waals surface area contributed by atoms with Crippen LogP contribution >= 0.6 is 0 Å². The molecule has 0 aliphatic carbocycles. The fraction of sp³-hybridized carbons (Fsp3) is 0.174. The number of carboxylic acids is 1. The minimum absolute atomic E-state index is 0.0929. The third kappa shape index (κ3) is 7.62. The maximum absolute atomic E-state index is 12.3. The molecule has 0 fully saturated rings. The first-order chi connectivity index (χ1) is 15.6. The fourth-order valence-corrected chi connectivity index (χ4v) is 2.72. The van der Waals surface area contributed by atoms with Crippen LogP contribution in [0.3, 0.4) is 0 Å². The normalized spacial score (nSPS) is 11.8. The standard InChI is InChI=1S/C23H24N4O6/c1-13(21(29)27-18(22(30)31)10-11-19(24)28)12-14-2-4-16(5-3-14)23(32)33-17-8-6-15(7-9-17)20(25)26/h2-9,12,18H,10-11H2,1H3,(H2,24,28)(H3,25,26)(H,27,29)(H,30,31)/b13-12+/t18-/m0/s1. The molecule has 10 heteroatoms. The van der Waals surface area contributed by atoms with Crippen molar-refractivity contribution in [3.8, 4) is 5.75 Å². The SMILES string of the molecule is C/C(=C\c1ccc(C(=O)Oc2ccc(C(=N)N)cc2)cc1)C(=O)N[C@@H](CCC(N)=O)C(=O)O. The van der Waals surface area contributed by atoms with Crippen LogP contribution in [0.15, 0.2) is 54.1 Å². The number of hydrogen-bond donors (Lipinski definition) is 5. The molecule has 33 heavy (non-hydrogen) atoms. The molecule has 0 spiro atoms. The third-order valence-electron chi connectivity index (χ3n) is 4.55. The van der Waals surface area contributed by atoms with Crippen molar-refractivity contribution in [2.45, 2.75) is 25.8 Å². The Balaban J connectivity index is 2.01. The Morgan fingerprint density at radius 1 is 1.03 bits per heavy atom. The number of aliphatic carboxylic acids is 1. The first-order valence-electron chi connectivity index (χ1n) is 9.83. The van der Waals surface area contributed by atoms with E-state index in [0.29, 0.717) is 16.9 Å². The Hall–Kier alpha value is -4.47. The Morgan fingerprint density at radius 3 is 2.12 bits per heavy atom. The van der Waals surface area contributed by atoms with Gasteiger partial charge in [0.25, 0.3) is 0 Å². The van der Waals surface area contributed by atoms with Gasteiger partial charge in [0.2, 0.25) is 11.8 Å². The summed E-state index contributed by atoms with van der Waals surface area (Å²) in [6.45, 7) is 1.51. The van der Waals surface area contributed by atoms with E-state index in [0.717, 1.165) is 0 Å². The summed E-state index contributed by atoms with van der Waals surface area (Å²) in [5.41, 5.74) is 12.0. The molecule has 0 aliphatic rings. The van der Waals surface area contributed by atoms with Gasteiger partial charge in [0.15, 0.2) is 0 Å². The second-order valence-corrected chi connectivity index (χ2v) is 7.15. The molecule has 0 heterocycles. The topological polar surface area (TPSA) is 186 Å². The number of benzene rings is 2. The number of rotatable bonds is 10. The van der Waals surface area contributed by atoms with Crippen molar-refractivity contribution in [1.29, 1.82) is 5.41 Å². The first kappa shape index (κ1) is 24.8. The van der Waals surface area contributed by atoms with Gasteiger partial charge in [-0.05, 0) is 61.4 Å². The summed E-state index contributed by atoms with van der Waals surface area (Å²) in [5, 5.41) is 18.9. The predicted octanol–water partition coefficient (Wildman–Crippen LogP) is 1.43. The van der Waals surface area contributed by atoms with Crippen LogP contribution in [0.25, 0.3) is 6.08 Å². The second-order valence-electron chi connectivity index (χ2n) is 7.15. The van der Waals surface area contributed by atoms with Crippen molar-refractivity contribution in [1.82, 2.24) is 5.32 Å². The van der Waals surface area contributed by atoms with Crippen molar-refractivity contribution in [3.05, 3.63) is 70.8 Å². The van der Waals surface area contributed by atoms with Gasteiger partial charge in [-0.15, -0.1) is 0 Å². The summed E-state index contributed by atoms with van der Waals surface area (Å²) in [4.78, 5) is 46.7. The lowest BCUT2D eigenvalue weighted by atomic mass is 10.1. The molecule has 2 rings (SSSR count). The van der Waals surface area contributed by atoms with Crippen molar-refractivity contribution in [2.75, 3.05) is 0 Å². The number of hydrogen-bond acceptors (Lipinski definition) is 6. The van der Waals surface area contributed by atoms with E-state index in [4.69, 9.17) is 21.6 Å². The highest BCUT2D eigenvalue weighted by molar-refractivity contribution is 5.99. The number of primary amides is 1. The quantitative estimate of drug-likeness (QED) is 0.119. The molecule has 10 nitrogen and oxygen atoms in total. The summed E-state index contributed by atoms with van der Waals surface area (Å²) in [6, 6.07) is 11.2. The highest BCUT2D eigenvalue weighted by atomic mass is 16.5. The number of carbonyl (C=O) groups excluding carboxylic acids is 3. The fourth-order valence-electron chi connectivity index (χ4n) is 2.72. The van der Waals surface area contributed by atoms with E-state index in [1.807, 2.05) is 0 Å². The van der Waals surface area contributed by atoms with Gasteiger partial charge in [0.1, 0.15) is 17.6 Å². The van der Waals surface area contributed by atoms with Crippen LogP contribution in [0.2, 0.25) is 0 Å². The van der Waals surface area contributed by atoms with Crippen LogP contribution in [0.4, 0.5) is 0 Å². The van der Waals surface area contributed by atoms with Crippen LogP contribution in [0.5, 0.6) is 5.75 Å². The zero-order valence-electron chi connectivity index (χ0n) is 17.8. The molecule has 7 N–H and O–H groups in total. The van der Waals surface area contributed by atoms with Crippen LogP contribution in [0.1, 0.15) is 41.3 Å². The molecule has 1 atom stereocenters. The Kier molecular flexibility index (Phi) is 8.44. The minimum Gasteiger partial charge on any atom is -0.480 e. The maximum atomic E-state index is 12.3. The third-order valence-corrected chi connectivity index (χ3v) is 4.55. The van der Waals surface area contributed by atoms with Gasteiger partial charge in [-0.3, -0.25) is 15.0 Å². The zero-order chi connectivity index (χ0) is 24.5. The molecule has 172 valence electrons. The summed E-state index contributed by atoms with van der Waals surface area (Å²) < 4.78 is 5.28. The molecule has 2 aromatic rings. The number of carbonyl (C=O) groups is 4. The Morgan fingerprint density at radius 2 is 1.61 bits per heavy atom. The molecule has 0 bridgehead atoms. The number of amidine groups is 1. The van der Waals surface area contributed by atoms with Gasteiger partial charge in [-0.25, -0.2) is 9.59 Å². The van der Waals surface area contributed by atoms with E-state index in [2.05, 4.69) is 5.32 Å².